The summed E-state index contributed by atoms with van der Waals surface area (Å²) in [5, 5.41) is 2.91. The van der Waals surface area contributed by atoms with Crippen molar-refractivity contribution in [3.63, 3.8) is 0 Å². The molecule has 2 aliphatic rings. The largest absolute Gasteiger partial charge is 0.495 e. The number of nitrogens with one attached hydrogen (secondary N) is 1. The van der Waals surface area contributed by atoms with Gasteiger partial charge in [0.1, 0.15) is 5.75 Å². The fraction of sp³-hybridized carbons (Fsp3) is 0.600. The molecule has 2 aliphatic heterocycles. The molecule has 0 aliphatic carbocycles. The van der Waals surface area contributed by atoms with E-state index in [0.29, 0.717) is 44.3 Å². The fourth-order valence-corrected chi connectivity index (χ4v) is 3.69. The average molecular weight is 375 g/mol. The number of ether oxygens (including phenoxy) is 2. The van der Waals surface area contributed by atoms with Gasteiger partial charge in [0.15, 0.2) is 0 Å². The summed E-state index contributed by atoms with van der Waals surface area (Å²) in [6.45, 7) is 4.65. The Kier molecular flexibility index (Phi) is 7.06. The number of amides is 2. The molecule has 0 spiro atoms. The van der Waals surface area contributed by atoms with Crippen LogP contribution in [-0.2, 0) is 14.3 Å². The Bertz CT molecular complexity index is 646. The lowest BCUT2D eigenvalue weighted by Crippen LogP contribution is -2.41. The number of rotatable bonds is 5. The Morgan fingerprint density at radius 1 is 1.15 bits per heavy atom. The molecule has 1 N–H and O–H groups in total. The summed E-state index contributed by atoms with van der Waals surface area (Å²) in [6, 6.07) is 7.38. The molecule has 0 saturated carbocycles. The number of benzene rings is 1. The molecule has 1 aromatic carbocycles. The first kappa shape index (κ1) is 19.6. The van der Waals surface area contributed by atoms with Crippen molar-refractivity contribution in [2.45, 2.75) is 19.3 Å². The van der Waals surface area contributed by atoms with E-state index in [1.165, 1.54) is 0 Å². The van der Waals surface area contributed by atoms with Gasteiger partial charge in [-0.2, -0.15) is 0 Å². The predicted octanol–water partition coefficient (Wildman–Crippen LogP) is 1.59. The first-order valence-electron chi connectivity index (χ1n) is 9.69. The topological polar surface area (TPSA) is 71.1 Å². The standard InChI is InChI=1S/C20H29N3O4/c1-26-18-6-3-2-5-17(18)21-19(24)15-22-9-4-10-23(12-11-22)20(25)16-7-13-27-14-8-16/h2-3,5-6,16H,4,7-15H2,1H3,(H,21,24). The lowest BCUT2D eigenvalue weighted by molar-refractivity contribution is -0.138. The van der Waals surface area contributed by atoms with Crippen LogP contribution >= 0.6 is 0 Å². The Hall–Kier alpha value is -2.12. The van der Waals surface area contributed by atoms with Gasteiger partial charge in [-0.15, -0.1) is 0 Å². The smallest absolute Gasteiger partial charge is 0.238 e. The van der Waals surface area contributed by atoms with Crippen LogP contribution in [0.25, 0.3) is 0 Å². The molecular weight excluding hydrogens is 346 g/mol. The number of carbonyl (C=O) groups excluding carboxylic acids is 2. The predicted molar refractivity (Wildman–Crippen MR) is 103 cm³/mol. The van der Waals surface area contributed by atoms with E-state index >= 15 is 0 Å². The number of anilines is 1. The van der Waals surface area contributed by atoms with Gasteiger partial charge in [-0.3, -0.25) is 14.5 Å². The van der Waals surface area contributed by atoms with E-state index in [1.54, 1.807) is 7.11 Å². The highest BCUT2D eigenvalue weighted by molar-refractivity contribution is 5.93. The van der Waals surface area contributed by atoms with Gasteiger partial charge in [0, 0.05) is 45.3 Å². The molecular formula is C20H29N3O4. The van der Waals surface area contributed by atoms with E-state index in [4.69, 9.17) is 9.47 Å². The molecule has 2 amide bonds. The summed E-state index contributed by atoms with van der Waals surface area (Å²) in [5.41, 5.74) is 0.677. The van der Waals surface area contributed by atoms with Gasteiger partial charge in [0.2, 0.25) is 11.8 Å². The molecule has 0 bridgehead atoms. The molecule has 7 nitrogen and oxygen atoms in total. The Morgan fingerprint density at radius 3 is 2.70 bits per heavy atom. The molecule has 27 heavy (non-hydrogen) atoms. The molecule has 2 heterocycles. The van der Waals surface area contributed by atoms with Gasteiger partial charge in [0.05, 0.1) is 19.3 Å². The van der Waals surface area contributed by atoms with E-state index < -0.39 is 0 Å². The highest BCUT2D eigenvalue weighted by atomic mass is 16.5. The second kappa shape index (κ2) is 9.71. The lowest BCUT2D eigenvalue weighted by Gasteiger charge is -2.28. The minimum absolute atomic E-state index is 0.0660. The van der Waals surface area contributed by atoms with E-state index in [2.05, 4.69) is 10.2 Å². The molecule has 148 valence electrons. The molecule has 0 atom stereocenters. The zero-order valence-corrected chi connectivity index (χ0v) is 16.0. The minimum atomic E-state index is -0.0660. The third kappa shape index (κ3) is 5.43. The van der Waals surface area contributed by atoms with Crippen LogP contribution < -0.4 is 10.1 Å². The molecule has 1 aromatic rings. The SMILES string of the molecule is COc1ccccc1NC(=O)CN1CCCN(C(=O)C2CCOCC2)CC1. The molecule has 7 heteroatoms. The number of nitrogens with zero attached hydrogens (tertiary/aromatic N) is 2. The third-order valence-corrected chi connectivity index (χ3v) is 5.22. The van der Waals surface area contributed by atoms with Crippen LogP contribution in [0.4, 0.5) is 5.69 Å². The number of methoxy groups -OCH3 is 1. The molecule has 2 saturated heterocycles. The van der Waals surface area contributed by atoms with Crippen molar-refractivity contribution >= 4 is 17.5 Å². The van der Waals surface area contributed by atoms with Crippen molar-refractivity contribution < 1.29 is 19.1 Å². The summed E-state index contributed by atoms with van der Waals surface area (Å²) >= 11 is 0. The van der Waals surface area contributed by atoms with Crippen LogP contribution in [0.15, 0.2) is 24.3 Å². The van der Waals surface area contributed by atoms with Crippen LogP contribution in [0.3, 0.4) is 0 Å². The number of para-hydroxylation sites is 2. The quantitative estimate of drug-likeness (QED) is 0.846. The minimum Gasteiger partial charge on any atom is -0.495 e. The molecule has 0 radical (unpaired) electrons. The molecule has 0 aromatic heterocycles. The second-order valence-corrected chi connectivity index (χ2v) is 7.09. The summed E-state index contributed by atoms with van der Waals surface area (Å²) in [6.07, 6.45) is 2.53. The number of hydrogen-bond donors (Lipinski definition) is 1. The van der Waals surface area contributed by atoms with E-state index in [1.807, 2.05) is 29.2 Å². The van der Waals surface area contributed by atoms with Crippen molar-refractivity contribution in [1.82, 2.24) is 9.80 Å². The van der Waals surface area contributed by atoms with E-state index in [9.17, 15) is 9.59 Å². The normalized spacial score (nSPS) is 19.4. The summed E-state index contributed by atoms with van der Waals surface area (Å²) in [5.74, 6) is 0.927. The van der Waals surface area contributed by atoms with Crippen LogP contribution in [0.2, 0.25) is 0 Å². The van der Waals surface area contributed by atoms with Crippen LogP contribution in [0.1, 0.15) is 19.3 Å². The van der Waals surface area contributed by atoms with Crippen molar-refractivity contribution in [2.24, 2.45) is 5.92 Å². The highest BCUT2D eigenvalue weighted by Gasteiger charge is 2.28. The van der Waals surface area contributed by atoms with Gasteiger partial charge >= 0.3 is 0 Å². The first-order valence-corrected chi connectivity index (χ1v) is 9.69. The second-order valence-electron chi connectivity index (χ2n) is 7.09. The van der Waals surface area contributed by atoms with E-state index in [0.717, 1.165) is 32.4 Å². The lowest BCUT2D eigenvalue weighted by atomic mass is 9.98. The van der Waals surface area contributed by atoms with Crippen molar-refractivity contribution in [3.8, 4) is 5.75 Å². The maximum Gasteiger partial charge on any atom is 0.238 e. The Balaban J connectivity index is 1.49. The van der Waals surface area contributed by atoms with Crippen molar-refractivity contribution in [3.05, 3.63) is 24.3 Å². The highest BCUT2D eigenvalue weighted by Crippen LogP contribution is 2.23. The summed E-state index contributed by atoms with van der Waals surface area (Å²) < 4.78 is 10.6. The maximum absolute atomic E-state index is 12.7. The zero-order chi connectivity index (χ0) is 19.1. The summed E-state index contributed by atoms with van der Waals surface area (Å²) in [4.78, 5) is 29.2. The van der Waals surface area contributed by atoms with Crippen LogP contribution in [-0.4, -0.2) is 74.7 Å². The van der Waals surface area contributed by atoms with Gasteiger partial charge in [-0.1, -0.05) is 12.1 Å². The number of hydrogen-bond acceptors (Lipinski definition) is 5. The summed E-state index contributed by atoms with van der Waals surface area (Å²) in [7, 11) is 1.59. The van der Waals surface area contributed by atoms with E-state index in [-0.39, 0.29) is 17.7 Å². The van der Waals surface area contributed by atoms with Crippen LogP contribution in [0.5, 0.6) is 5.75 Å². The molecule has 0 unspecified atom stereocenters. The monoisotopic (exact) mass is 375 g/mol. The van der Waals surface area contributed by atoms with Gasteiger partial charge < -0.3 is 19.7 Å². The van der Waals surface area contributed by atoms with Gasteiger partial charge in [-0.05, 0) is 31.4 Å². The molecule has 3 rings (SSSR count). The van der Waals surface area contributed by atoms with Gasteiger partial charge in [0.25, 0.3) is 0 Å². The van der Waals surface area contributed by atoms with Crippen molar-refractivity contribution in [1.29, 1.82) is 0 Å². The van der Waals surface area contributed by atoms with Gasteiger partial charge in [-0.25, -0.2) is 0 Å². The Morgan fingerprint density at radius 2 is 1.93 bits per heavy atom. The zero-order valence-electron chi connectivity index (χ0n) is 16.0. The average Bonchev–Trinajstić information content (AvgIpc) is 2.94. The molecule has 2 fully saturated rings. The number of carbonyl (C=O) groups is 2. The van der Waals surface area contributed by atoms with Crippen molar-refractivity contribution in [2.75, 3.05) is 58.4 Å². The maximum atomic E-state index is 12.7. The third-order valence-electron chi connectivity index (χ3n) is 5.22. The van der Waals surface area contributed by atoms with Crippen LogP contribution in [0, 0.1) is 5.92 Å². The Labute approximate surface area is 160 Å². The fourth-order valence-electron chi connectivity index (χ4n) is 3.69. The first-order chi connectivity index (χ1) is 13.2.